The zero-order chi connectivity index (χ0) is 12.0. The Labute approximate surface area is 108 Å². The van der Waals surface area contributed by atoms with Crippen LogP contribution < -0.4 is 5.73 Å². The molecule has 0 amide bonds. The summed E-state index contributed by atoms with van der Waals surface area (Å²) in [5.41, 5.74) is 9.17. The van der Waals surface area contributed by atoms with E-state index in [1.165, 1.54) is 12.8 Å². The van der Waals surface area contributed by atoms with E-state index in [0.29, 0.717) is 11.7 Å². The number of aryl methyl sites for hydroxylation is 1. The number of nitrogen functional groups attached to an aromatic ring is 1. The van der Waals surface area contributed by atoms with Gasteiger partial charge in [-0.3, -0.25) is 0 Å². The monoisotopic (exact) mass is 292 g/mol. The van der Waals surface area contributed by atoms with E-state index in [-0.39, 0.29) is 0 Å². The molecule has 2 aromatic rings. The number of aromatic nitrogens is 3. The molecule has 0 bridgehead atoms. The van der Waals surface area contributed by atoms with Crippen LogP contribution in [-0.4, -0.2) is 15.0 Å². The first-order chi connectivity index (χ1) is 8.16. The van der Waals surface area contributed by atoms with Crippen LogP contribution in [0.15, 0.2) is 22.7 Å². The van der Waals surface area contributed by atoms with E-state index < -0.39 is 0 Å². The first kappa shape index (κ1) is 10.8. The fraction of sp³-hybridized carbons (Fsp3) is 0.333. The molecule has 1 aliphatic rings. The summed E-state index contributed by atoms with van der Waals surface area (Å²) >= 11 is 3.46. The van der Waals surface area contributed by atoms with Gasteiger partial charge in [-0.05, 0) is 43.5 Å². The average molecular weight is 293 g/mol. The van der Waals surface area contributed by atoms with E-state index in [1.54, 1.807) is 0 Å². The number of rotatable bonds is 2. The molecule has 3 rings (SSSR count). The molecule has 5 heteroatoms. The third kappa shape index (κ3) is 1.84. The topological polar surface area (TPSA) is 56.7 Å². The molecule has 1 aromatic carbocycles. The van der Waals surface area contributed by atoms with E-state index in [4.69, 9.17) is 5.73 Å². The second kappa shape index (κ2) is 3.84. The number of nitrogens with two attached hydrogens (primary N) is 1. The van der Waals surface area contributed by atoms with Gasteiger partial charge in [0.05, 0.1) is 11.4 Å². The highest BCUT2D eigenvalue weighted by Crippen LogP contribution is 2.42. The zero-order valence-electron chi connectivity index (χ0n) is 9.52. The van der Waals surface area contributed by atoms with Crippen molar-refractivity contribution in [1.29, 1.82) is 0 Å². The lowest BCUT2D eigenvalue weighted by Crippen LogP contribution is -2.04. The summed E-state index contributed by atoms with van der Waals surface area (Å²) in [6, 6.07) is 6.13. The number of benzene rings is 1. The van der Waals surface area contributed by atoms with Crippen molar-refractivity contribution >= 4 is 21.7 Å². The number of hydrogen-bond donors (Lipinski definition) is 1. The molecule has 17 heavy (non-hydrogen) atoms. The largest absolute Gasteiger partial charge is 0.381 e. The summed E-state index contributed by atoms with van der Waals surface area (Å²) in [6.45, 7) is 2.06. The molecule has 0 unspecified atom stereocenters. The Bertz CT molecular complexity index is 572. The van der Waals surface area contributed by atoms with Gasteiger partial charge in [0.15, 0.2) is 5.82 Å². The van der Waals surface area contributed by atoms with Crippen molar-refractivity contribution in [2.75, 3.05) is 5.73 Å². The molecule has 0 spiro atoms. The van der Waals surface area contributed by atoms with Gasteiger partial charge < -0.3 is 5.73 Å². The van der Waals surface area contributed by atoms with Crippen molar-refractivity contribution in [2.24, 2.45) is 0 Å². The summed E-state index contributed by atoms with van der Waals surface area (Å²) in [5, 5.41) is 8.16. The number of halogens is 1. The first-order valence-corrected chi connectivity index (χ1v) is 6.43. The van der Waals surface area contributed by atoms with Crippen molar-refractivity contribution in [1.82, 2.24) is 15.0 Å². The Balaban J connectivity index is 2.14. The standard InChI is InChI=1S/C12H13BrN4/c1-7-6-9(13)4-5-10(7)17-11(8-2-3-8)12(14)15-16-17/h4-6,8H,2-3,14H2,1H3. The number of nitrogens with zero attached hydrogens (tertiary/aromatic N) is 3. The fourth-order valence-corrected chi connectivity index (χ4v) is 2.55. The van der Waals surface area contributed by atoms with Gasteiger partial charge in [0.2, 0.25) is 0 Å². The summed E-state index contributed by atoms with van der Waals surface area (Å²) in [5.74, 6) is 1.10. The summed E-state index contributed by atoms with van der Waals surface area (Å²) in [7, 11) is 0. The molecule has 1 aromatic heterocycles. The number of anilines is 1. The van der Waals surface area contributed by atoms with E-state index in [0.717, 1.165) is 21.4 Å². The Hall–Kier alpha value is -1.36. The van der Waals surface area contributed by atoms with Crippen LogP contribution in [0.1, 0.15) is 30.0 Å². The van der Waals surface area contributed by atoms with E-state index >= 15 is 0 Å². The molecular weight excluding hydrogens is 280 g/mol. The van der Waals surface area contributed by atoms with Gasteiger partial charge in [0.1, 0.15) is 0 Å². The lowest BCUT2D eigenvalue weighted by molar-refractivity contribution is 0.759. The minimum Gasteiger partial charge on any atom is -0.381 e. The minimum absolute atomic E-state index is 0.535. The van der Waals surface area contributed by atoms with Gasteiger partial charge in [0.25, 0.3) is 0 Å². The van der Waals surface area contributed by atoms with Crippen molar-refractivity contribution < 1.29 is 0 Å². The molecule has 0 radical (unpaired) electrons. The third-order valence-corrected chi connectivity index (χ3v) is 3.58. The molecule has 1 fully saturated rings. The molecule has 0 saturated heterocycles. The summed E-state index contributed by atoms with van der Waals surface area (Å²) < 4.78 is 2.95. The van der Waals surface area contributed by atoms with Crippen molar-refractivity contribution in [3.63, 3.8) is 0 Å². The number of hydrogen-bond acceptors (Lipinski definition) is 3. The second-order valence-electron chi connectivity index (χ2n) is 4.48. The molecule has 2 N–H and O–H groups in total. The Morgan fingerprint density at radius 3 is 2.82 bits per heavy atom. The Kier molecular flexibility index (Phi) is 2.43. The molecule has 0 aliphatic heterocycles. The maximum Gasteiger partial charge on any atom is 0.169 e. The smallest absolute Gasteiger partial charge is 0.169 e. The quantitative estimate of drug-likeness (QED) is 0.926. The first-order valence-electron chi connectivity index (χ1n) is 5.64. The van der Waals surface area contributed by atoms with Crippen molar-refractivity contribution in [3.8, 4) is 5.69 Å². The molecule has 1 heterocycles. The second-order valence-corrected chi connectivity index (χ2v) is 5.39. The molecule has 1 saturated carbocycles. The third-order valence-electron chi connectivity index (χ3n) is 3.08. The van der Waals surface area contributed by atoms with E-state index in [9.17, 15) is 0 Å². The van der Waals surface area contributed by atoms with Crippen LogP contribution in [0, 0.1) is 6.92 Å². The zero-order valence-corrected chi connectivity index (χ0v) is 11.1. The average Bonchev–Trinajstić information content (AvgIpc) is 3.03. The minimum atomic E-state index is 0.535. The highest BCUT2D eigenvalue weighted by molar-refractivity contribution is 9.10. The van der Waals surface area contributed by atoms with Crippen LogP contribution in [0.2, 0.25) is 0 Å². The van der Waals surface area contributed by atoms with Gasteiger partial charge in [-0.1, -0.05) is 21.1 Å². The Morgan fingerprint density at radius 2 is 2.18 bits per heavy atom. The van der Waals surface area contributed by atoms with Crippen LogP contribution in [0.5, 0.6) is 0 Å². The predicted octanol–water partition coefficient (Wildman–Crippen LogP) is 2.80. The van der Waals surface area contributed by atoms with Crippen LogP contribution in [0.25, 0.3) is 5.69 Å². The summed E-state index contributed by atoms with van der Waals surface area (Å²) in [4.78, 5) is 0. The molecule has 88 valence electrons. The van der Waals surface area contributed by atoms with Crippen molar-refractivity contribution in [2.45, 2.75) is 25.7 Å². The van der Waals surface area contributed by atoms with Gasteiger partial charge in [-0.2, -0.15) is 0 Å². The highest BCUT2D eigenvalue weighted by atomic mass is 79.9. The molecule has 4 nitrogen and oxygen atoms in total. The Morgan fingerprint density at radius 1 is 1.41 bits per heavy atom. The lowest BCUT2D eigenvalue weighted by Gasteiger charge is -2.09. The highest BCUT2D eigenvalue weighted by Gasteiger charge is 2.31. The normalized spacial score (nSPS) is 15.2. The molecular formula is C12H13BrN4. The fourth-order valence-electron chi connectivity index (χ4n) is 2.07. The SMILES string of the molecule is Cc1cc(Br)ccc1-n1nnc(N)c1C1CC1. The van der Waals surface area contributed by atoms with Crippen LogP contribution in [-0.2, 0) is 0 Å². The van der Waals surface area contributed by atoms with Crippen molar-refractivity contribution in [3.05, 3.63) is 33.9 Å². The van der Waals surface area contributed by atoms with Gasteiger partial charge >= 0.3 is 0 Å². The maximum absolute atomic E-state index is 5.90. The van der Waals surface area contributed by atoms with Gasteiger partial charge in [0, 0.05) is 10.4 Å². The lowest BCUT2D eigenvalue weighted by atomic mass is 10.2. The van der Waals surface area contributed by atoms with Gasteiger partial charge in [-0.25, -0.2) is 4.68 Å². The summed E-state index contributed by atoms with van der Waals surface area (Å²) in [6.07, 6.45) is 2.38. The molecule has 1 aliphatic carbocycles. The van der Waals surface area contributed by atoms with Crippen LogP contribution >= 0.6 is 15.9 Å². The molecule has 0 atom stereocenters. The van der Waals surface area contributed by atoms with Gasteiger partial charge in [-0.15, -0.1) is 5.10 Å². The van der Waals surface area contributed by atoms with E-state index in [1.807, 2.05) is 16.8 Å². The van der Waals surface area contributed by atoms with Crippen LogP contribution in [0.3, 0.4) is 0 Å². The van der Waals surface area contributed by atoms with Crippen LogP contribution in [0.4, 0.5) is 5.82 Å². The van der Waals surface area contributed by atoms with E-state index in [2.05, 4.69) is 39.2 Å². The maximum atomic E-state index is 5.90. The predicted molar refractivity (Wildman–Crippen MR) is 70.2 cm³/mol.